The highest BCUT2D eigenvalue weighted by molar-refractivity contribution is 5.97. The van der Waals surface area contributed by atoms with E-state index in [4.69, 9.17) is 0 Å². The summed E-state index contributed by atoms with van der Waals surface area (Å²) in [7, 11) is 1.69. The van der Waals surface area contributed by atoms with Crippen molar-refractivity contribution in [2.24, 2.45) is 4.99 Å². The van der Waals surface area contributed by atoms with Crippen LogP contribution in [0.15, 0.2) is 4.99 Å². The highest BCUT2D eigenvalue weighted by atomic mass is 16.2. The standard InChI is InChI=1S/C13H24N4O2/c1-13(2,3)16-12(14-4)15-8-9-17-10(18)6-5-7-11(17)19/h5-9H2,1-4H3,(H2,14,15,16). The van der Waals surface area contributed by atoms with E-state index in [2.05, 4.69) is 15.6 Å². The van der Waals surface area contributed by atoms with Crippen LogP contribution in [0.3, 0.4) is 0 Å². The first kappa shape index (κ1) is 15.5. The van der Waals surface area contributed by atoms with Crippen LogP contribution in [0.5, 0.6) is 0 Å². The Balaban J connectivity index is 2.40. The molecule has 108 valence electrons. The number of rotatable bonds is 3. The lowest BCUT2D eigenvalue weighted by molar-refractivity contribution is -0.147. The van der Waals surface area contributed by atoms with Gasteiger partial charge in [-0.3, -0.25) is 19.5 Å². The summed E-state index contributed by atoms with van der Waals surface area (Å²) in [5, 5.41) is 6.32. The van der Waals surface area contributed by atoms with Crippen molar-refractivity contribution in [1.29, 1.82) is 0 Å². The number of likely N-dealkylation sites (tertiary alicyclic amines) is 1. The fourth-order valence-corrected chi connectivity index (χ4v) is 1.87. The van der Waals surface area contributed by atoms with E-state index in [0.717, 1.165) is 0 Å². The molecule has 19 heavy (non-hydrogen) atoms. The first-order valence-electron chi connectivity index (χ1n) is 6.65. The topological polar surface area (TPSA) is 73.8 Å². The van der Waals surface area contributed by atoms with Crippen LogP contribution in [-0.2, 0) is 9.59 Å². The molecule has 2 N–H and O–H groups in total. The van der Waals surface area contributed by atoms with Gasteiger partial charge in [0, 0.05) is 38.5 Å². The molecule has 1 rings (SSSR count). The van der Waals surface area contributed by atoms with Crippen LogP contribution in [0.25, 0.3) is 0 Å². The Morgan fingerprint density at radius 3 is 2.32 bits per heavy atom. The van der Waals surface area contributed by atoms with E-state index in [9.17, 15) is 9.59 Å². The number of imide groups is 1. The van der Waals surface area contributed by atoms with Crippen molar-refractivity contribution in [2.45, 2.75) is 45.6 Å². The number of guanidine groups is 1. The summed E-state index contributed by atoms with van der Waals surface area (Å²) in [4.78, 5) is 28.7. The third kappa shape index (κ3) is 5.28. The van der Waals surface area contributed by atoms with E-state index in [1.165, 1.54) is 4.90 Å². The van der Waals surface area contributed by atoms with Gasteiger partial charge in [0.05, 0.1) is 0 Å². The van der Waals surface area contributed by atoms with Crippen molar-refractivity contribution < 1.29 is 9.59 Å². The second-order valence-electron chi connectivity index (χ2n) is 5.67. The van der Waals surface area contributed by atoms with Crippen molar-refractivity contribution in [3.05, 3.63) is 0 Å². The lowest BCUT2D eigenvalue weighted by Crippen LogP contribution is -2.50. The summed E-state index contributed by atoms with van der Waals surface area (Å²) < 4.78 is 0. The maximum absolute atomic E-state index is 11.6. The smallest absolute Gasteiger partial charge is 0.229 e. The minimum Gasteiger partial charge on any atom is -0.355 e. The quantitative estimate of drug-likeness (QED) is 0.444. The minimum atomic E-state index is -0.0847. The molecule has 1 aliphatic rings. The summed E-state index contributed by atoms with van der Waals surface area (Å²) in [5.41, 5.74) is -0.0847. The van der Waals surface area contributed by atoms with Gasteiger partial charge in [0.25, 0.3) is 0 Å². The summed E-state index contributed by atoms with van der Waals surface area (Å²) in [6, 6.07) is 0. The third-order valence-corrected chi connectivity index (χ3v) is 2.73. The molecule has 2 amide bonds. The van der Waals surface area contributed by atoms with Crippen molar-refractivity contribution in [3.63, 3.8) is 0 Å². The number of carbonyl (C=O) groups is 2. The molecule has 0 aromatic rings. The van der Waals surface area contributed by atoms with Gasteiger partial charge in [-0.05, 0) is 27.2 Å². The Morgan fingerprint density at radius 2 is 1.84 bits per heavy atom. The Bertz CT molecular complexity index is 355. The molecule has 6 heteroatoms. The first-order valence-corrected chi connectivity index (χ1v) is 6.65. The van der Waals surface area contributed by atoms with E-state index in [1.807, 2.05) is 20.8 Å². The van der Waals surface area contributed by atoms with Crippen LogP contribution in [-0.4, -0.2) is 48.3 Å². The maximum Gasteiger partial charge on any atom is 0.229 e. The van der Waals surface area contributed by atoms with Crippen LogP contribution in [0.4, 0.5) is 0 Å². The van der Waals surface area contributed by atoms with E-state index >= 15 is 0 Å². The predicted molar refractivity (Wildman–Crippen MR) is 74.8 cm³/mol. The number of carbonyl (C=O) groups excluding carboxylic acids is 2. The number of hydrogen-bond donors (Lipinski definition) is 2. The molecular formula is C13H24N4O2. The molecule has 0 spiro atoms. The van der Waals surface area contributed by atoms with E-state index < -0.39 is 0 Å². The third-order valence-electron chi connectivity index (χ3n) is 2.73. The first-order chi connectivity index (χ1) is 8.83. The van der Waals surface area contributed by atoms with Crippen LogP contribution in [0.1, 0.15) is 40.0 Å². The second-order valence-corrected chi connectivity index (χ2v) is 5.67. The lowest BCUT2D eigenvalue weighted by Gasteiger charge is -2.27. The highest BCUT2D eigenvalue weighted by Crippen LogP contribution is 2.11. The number of piperidine rings is 1. The SMILES string of the molecule is CN=C(NCCN1C(=O)CCCC1=O)NC(C)(C)C. The molecule has 0 unspecified atom stereocenters. The normalized spacial score (nSPS) is 17.7. The molecule has 0 radical (unpaired) electrons. The van der Waals surface area contributed by atoms with Crippen molar-refractivity contribution in [1.82, 2.24) is 15.5 Å². The predicted octanol–water partition coefficient (Wildman–Crippen LogP) is 0.489. The zero-order chi connectivity index (χ0) is 14.5. The highest BCUT2D eigenvalue weighted by Gasteiger charge is 2.25. The molecule has 1 aliphatic heterocycles. The molecule has 0 aromatic heterocycles. The van der Waals surface area contributed by atoms with Gasteiger partial charge in [-0.15, -0.1) is 0 Å². The fourth-order valence-electron chi connectivity index (χ4n) is 1.87. The Kier molecular flexibility index (Phi) is 5.32. The van der Waals surface area contributed by atoms with Crippen LogP contribution in [0.2, 0.25) is 0 Å². The number of hydrogen-bond acceptors (Lipinski definition) is 3. The molecule has 0 saturated carbocycles. The number of aliphatic imine (C=N–C) groups is 1. The Labute approximate surface area is 114 Å². The number of amides is 2. The molecule has 1 saturated heterocycles. The van der Waals surface area contributed by atoms with Gasteiger partial charge in [-0.1, -0.05) is 0 Å². The summed E-state index contributed by atoms with van der Waals surface area (Å²) in [6.07, 6.45) is 1.62. The average molecular weight is 268 g/mol. The van der Waals surface area contributed by atoms with E-state index in [1.54, 1.807) is 7.05 Å². The van der Waals surface area contributed by atoms with Gasteiger partial charge in [0.2, 0.25) is 11.8 Å². The van der Waals surface area contributed by atoms with Crippen molar-refractivity contribution >= 4 is 17.8 Å². The average Bonchev–Trinajstić information content (AvgIpc) is 2.30. The molecule has 0 atom stereocenters. The molecule has 0 bridgehead atoms. The van der Waals surface area contributed by atoms with Crippen molar-refractivity contribution in [2.75, 3.05) is 20.1 Å². The maximum atomic E-state index is 11.6. The second kappa shape index (κ2) is 6.54. The molecular weight excluding hydrogens is 244 g/mol. The lowest BCUT2D eigenvalue weighted by atomic mass is 10.1. The van der Waals surface area contributed by atoms with Gasteiger partial charge in [-0.25, -0.2) is 0 Å². The van der Waals surface area contributed by atoms with Gasteiger partial charge in [-0.2, -0.15) is 0 Å². The van der Waals surface area contributed by atoms with Crippen LogP contribution >= 0.6 is 0 Å². The summed E-state index contributed by atoms with van der Waals surface area (Å²) >= 11 is 0. The van der Waals surface area contributed by atoms with E-state index in [0.29, 0.717) is 38.3 Å². The summed E-state index contributed by atoms with van der Waals surface area (Å²) in [5.74, 6) is 0.526. The molecule has 0 aromatic carbocycles. The largest absolute Gasteiger partial charge is 0.355 e. The van der Waals surface area contributed by atoms with Gasteiger partial charge in [0.15, 0.2) is 5.96 Å². The number of nitrogens with one attached hydrogen (secondary N) is 2. The number of nitrogens with zero attached hydrogens (tertiary/aromatic N) is 2. The van der Waals surface area contributed by atoms with Gasteiger partial charge in [0.1, 0.15) is 0 Å². The molecule has 0 aliphatic carbocycles. The fraction of sp³-hybridized carbons (Fsp3) is 0.769. The van der Waals surface area contributed by atoms with Gasteiger partial charge >= 0.3 is 0 Å². The minimum absolute atomic E-state index is 0.0724. The van der Waals surface area contributed by atoms with E-state index in [-0.39, 0.29) is 17.4 Å². The Hall–Kier alpha value is -1.59. The summed E-state index contributed by atoms with van der Waals surface area (Å²) in [6.45, 7) is 7.02. The zero-order valence-electron chi connectivity index (χ0n) is 12.2. The monoisotopic (exact) mass is 268 g/mol. The zero-order valence-corrected chi connectivity index (χ0v) is 12.2. The van der Waals surface area contributed by atoms with Crippen LogP contribution < -0.4 is 10.6 Å². The molecule has 1 heterocycles. The molecule has 1 fully saturated rings. The Morgan fingerprint density at radius 1 is 1.26 bits per heavy atom. The van der Waals surface area contributed by atoms with Crippen molar-refractivity contribution in [3.8, 4) is 0 Å². The molecule has 6 nitrogen and oxygen atoms in total. The van der Waals surface area contributed by atoms with Gasteiger partial charge < -0.3 is 10.6 Å². The van der Waals surface area contributed by atoms with Crippen LogP contribution in [0, 0.1) is 0 Å².